The van der Waals surface area contributed by atoms with Gasteiger partial charge in [-0.3, -0.25) is 4.98 Å². The van der Waals surface area contributed by atoms with E-state index in [0.29, 0.717) is 0 Å². The first-order chi connectivity index (χ1) is 25.7. The average molecular weight is 667 g/mol. The molecule has 0 radical (unpaired) electrons. The molecule has 246 valence electrons. The highest BCUT2D eigenvalue weighted by Crippen LogP contribution is 2.42. The topological polar surface area (TPSA) is 38.9 Å². The summed E-state index contributed by atoms with van der Waals surface area (Å²) in [6, 6.07) is 53.5. The summed E-state index contributed by atoms with van der Waals surface area (Å²) in [6.07, 6.45) is 7.49. The van der Waals surface area contributed by atoms with E-state index in [1.165, 1.54) is 21.5 Å². The molecular weight excluding hydrogens is 633 g/mol. The Hall–Kier alpha value is -6.84. The minimum absolute atomic E-state index is 0.856. The molecule has 0 aliphatic rings. The molecule has 0 spiro atoms. The van der Waals surface area contributed by atoms with Crippen LogP contribution in [0, 0.1) is 0 Å². The fraction of sp³-hybridized carbons (Fsp3) is 0.0204. The molecule has 10 rings (SSSR count). The van der Waals surface area contributed by atoms with Crippen molar-refractivity contribution in [3.63, 3.8) is 0 Å². The van der Waals surface area contributed by atoms with Gasteiger partial charge < -0.3 is 4.42 Å². The molecule has 0 saturated heterocycles. The number of hydrogen-bond donors (Lipinski definition) is 0. The Morgan fingerprint density at radius 3 is 1.81 bits per heavy atom. The molecule has 10 aromatic rings. The van der Waals surface area contributed by atoms with Crippen LogP contribution in [0.4, 0.5) is 0 Å². The molecular formula is C49H34N2O. The van der Waals surface area contributed by atoms with Crippen LogP contribution in [0.5, 0.6) is 0 Å². The second kappa shape index (κ2) is 13.1. The lowest BCUT2D eigenvalue weighted by molar-refractivity contribution is 0.670. The quantitative estimate of drug-likeness (QED) is 0.139. The molecule has 2 aromatic heterocycles. The summed E-state index contributed by atoms with van der Waals surface area (Å²) in [7, 11) is 0. The number of benzene rings is 8. The number of aromatic nitrogens is 2. The number of para-hydroxylation sites is 1. The van der Waals surface area contributed by atoms with Gasteiger partial charge in [-0.2, -0.15) is 0 Å². The molecule has 3 heteroatoms. The van der Waals surface area contributed by atoms with E-state index in [1.54, 1.807) is 6.08 Å². The standard InChI is InChI=1S/C44H26N2O.C5H8/c1-2-16-32-30(11-1)25-38(44-41(32)37-21-7-8-22-40(37)47-44)29-14-9-12-27(23-29)28-13-10-15-31(24-28)39-26-45-42-35-19-5-3-17-33(35)34-18-4-6-20-36(34)43(42)46-39;1-3-5-4-2/h1-26H;3-5H,1H2,2H3/b;5-4-. The Balaban J connectivity index is 0.000000677. The van der Waals surface area contributed by atoms with Gasteiger partial charge in [-0.05, 0) is 69.4 Å². The third kappa shape index (κ3) is 5.31. The molecule has 0 aliphatic carbocycles. The van der Waals surface area contributed by atoms with E-state index in [-0.39, 0.29) is 0 Å². The summed E-state index contributed by atoms with van der Waals surface area (Å²) in [5, 5.41) is 9.34. The maximum atomic E-state index is 6.55. The molecule has 8 aromatic carbocycles. The van der Waals surface area contributed by atoms with Crippen molar-refractivity contribution in [3.05, 3.63) is 183 Å². The number of fused-ring (bicyclic) bond motifs is 11. The van der Waals surface area contributed by atoms with Crippen LogP contribution in [0.1, 0.15) is 6.92 Å². The van der Waals surface area contributed by atoms with E-state index in [9.17, 15) is 0 Å². The summed E-state index contributed by atoms with van der Waals surface area (Å²) < 4.78 is 6.55. The molecule has 2 heterocycles. The number of allylic oxidation sites excluding steroid dienone is 3. The fourth-order valence-electron chi connectivity index (χ4n) is 7.41. The highest BCUT2D eigenvalue weighted by Gasteiger charge is 2.17. The van der Waals surface area contributed by atoms with Gasteiger partial charge in [0, 0.05) is 32.7 Å². The number of hydrogen-bond acceptors (Lipinski definition) is 3. The summed E-state index contributed by atoms with van der Waals surface area (Å²) in [4.78, 5) is 10.2. The predicted octanol–water partition coefficient (Wildman–Crippen LogP) is 13.7. The highest BCUT2D eigenvalue weighted by molar-refractivity contribution is 6.24. The van der Waals surface area contributed by atoms with Crippen LogP contribution in [-0.2, 0) is 0 Å². The van der Waals surface area contributed by atoms with Crippen molar-refractivity contribution in [1.82, 2.24) is 9.97 Å². The lowest BCUT2D eigenvalue weighted by atomic mass is 9.94. The van der Waals surface area contributed by atoms with E-state index < -0.39 is 0 Å². The fourth-order valence-corrected chi connectivity index (χ4v) is 7.41. The Labute approximate surface area is 301 Å². The summed E-state index contributed by atoms with van der Waals surface area (Å²) in [5.41, 5.74) is 10.0. The normalized spacial score (nSPS) is 11.6. The Kier molecular flexibility index (Phi) is 7.87. The number of nitrogens with zero attached hydrogens (tertiary/aromatic N) is 2. The van der Waals surface area contributed by atoms with Gasteiger partial charge in [-0.15, -0.1) is 0 Å². The second-order valence-electron chi connectivity index (χ2n) is 12.9. The zero-order chi connectivity index (χ0) is 35.0. The van der Waals surface area contributed by atoms with Gasteiger partial charge >= 0.3 is 0 Å². The van der Waals surface area contributed by atoms with E-state index in [0.717, 1.165) is 77.3 Å². The van der Waals surface area contributed by atoms with Crippen LogP contribution in [0.25, 0.3) is 98.8 Å². The van der Waals surface area contributed by atoms with Gasteiger partial charge in [0.1, 0.15) is 11.2 Å². The summed E-state index contributed by atoms with van der Waals surface area (Å²) >= 11 is 0. The van der Waals surface area contributed by atoms with E-state index in [1.807, 2.05) is 31.3 Å². The van der Waals surface area contributed by atoms with Crippen molar-refractivity contribution >= 4 is 65.3 Å². The van der Waals surface area contributed by atoms with Crippen LogP contribution in [0.3, 0.4) is 0 Å². The minimum atomic E-state index is 0.856. The van der Waals surface area contributed by atoms with Crippen molar-refractivity contribution in [2.45, 2.75) is 6.92 Å². The molecule has 0 saturated carbocycles. The highest BCUT2D eigenvalue weighted by atomic mass is 16.3. The van der Waals surface area contributed by atoms with Crippen molar-refractivity contribution in [3.8, 4) is 33.5 Å². The lowest BCUT2D eigenvalue weighted by Gasteiger charge is -2.12. The average Bonchev–Trinajstić information content (AvgIpc) is 3.61. The van der Waals surface area contributed by atoms with Crippen molar-refractivity contribution in [2.75, 3.05) is 0 Å². The Morgan fingerprint density at radius 1 is 0.538 bits per heavy atom. The number of furan rings is 1. The van der Waals surface area contributed by atoms with Crippen LogP contribution in [0.15, 0.2) is 187 Å². The first-order valence-electron chi connectivity index (χ1n) is 17.6. The monoisotopic (exact) mass is 666 g/mol. The van der Waals surface area contributed by atoms with Gasteiger partial charge in [0.2, 0.25) is 0 Å². The van der Waals surface area contributed by atoms with E-state index >= 15 is 0 Å². The summed E-state index contributed by atoms with van der Waals surface area (Å²) in [6.45, 7) is 5.42. The third-order valence-electron chi connectivity index (χ3n) is 9.79. The maximum Gasteiger partial charge on any atom is 0.143 e. The Morgan fingerprint density at radius 2 is 1.12 bits per heavy atom. The van der Waals surface area contributed by atoms with Gasteiger partial charge in [0.05, 0.1) is 22.9 Å². The second-order valence-corrected chi connectivity index (χ2v) is 12.9. The molecule has 0 aliphatic heterocycles. The first kappa shape index (κ1) is 31.2. The molecule has 0 bridgehead atoms. The van der Waals surface area contributed by atoms with E-state index in [4.69, 9.17) is 14.4 Å². The SMILES string of the molecule is C=C/C=C\C.c1cc(-c2cccc(-c3cc4ccccc4c4c3oc3ccccc34)c2)cc(-c2cnc3c4ccccc4c4ccccc4c3n2)c1. The van der Waals surface area contributed by atoms with Crippen LogP contribution >= 0.6 is 0 Å². The smallest absolute Gasteiger partial charge is 0.143 e. The van der Waals surface area contributed by atoms with Gasteiger partial charge in [0.15, 0.2) is 0 Å². The molecule has 0 unspecified atom stereocenters. The van der Waals surface area contributed by atoms with Crippen molar-refractivity contribution < 1.29 is 4.42 Å². The molecule has 0 fully saturated rings. The van der Waals surface area contributed by atoms with Gasteiger partial charge in [-0.25, -0.2) is 4.98 Å². The first-order valence-corrected chi connectivity index (χ1v) is 17.6. The van der Waals surface area contributed by atoms with Crippen LogP contribution < -0.4 is 0 Å². The van der Waals surface area contributed by atoms with E-state index in [2.05, 4.69) is 152 Å². The predicted molar refractivity (Wildman–Crippen MR) is 221 cm³/mol. The maximum absolute atomic E-state index is 6.55. The van der Waals surface area contributed by atoms with Crippen LogP contribution in [-0.4, -0.2) is 9.97 Å². The molecule has 3 nitrogen and oxygen atoms in total. The molecule has 0 atom stereocenters. The zero-order valence-electron chi connectivity index (χ0n) is 28.8. The Bertz CT molecular complexity index is 2970. The molecule has 0 N–H and O–H groups in total. The van der Waals surface area contributed by atoms with Gasteiger partial charge in [0.25, 0.3) is 0 Å². The molecule has 52 heavy (non-hydrogen) atoms. The van der Waals surface area contributed by atoms with Gasteiger partial charge in [-0.1, -0.05) is 152 Å². The third-order valence-corrected chi connectivity index (χ3v) is 9.79. The minimum Gasteiger partial charge on any atom is -0.455 e. The van der Waals surface area contributed by atoms with Crippen LogP contribution in [0.2, 0.25) is 0 Å². The van der Waals surface area contributed by atoms with Crippen molar-refractivity contribution in [2.24, 2.45) is 0 Å². The molecule has 0 amide bonds. The lowest BCUT2D eigenvalue weighted by Crippen LogP contribution is -1.92. The van der Waals surface area contributed by atoms with Crippen molar-refractivity contribution in [1.29, 1.82) is 0 Å². The summed E-state index contributed by atoms with van der Waals surface area (Å²) in [5.74, 6) is 0. The zero-order valence-corrected chi connectivity index (χ0v) is 28.8. The number of rotatable bonds is 4. The largest absolute Gasteiger partial charge is 0.455 e.